The average molecular weight is 511 g/mol. The first-order chi connectivity index (χ1) is 18.2. The second-order valence-corrected chi connectivity index (χ2v) is 10.7. The molecule has 6 nitrogen and oxygen atoms in total. The van der Waals surface area contributed by atoms with Crippen molar-refractivity contribution in [3.05, 3.63) is 77.7 Å². The van der Waals surface area contributed by atoms with Crippen LogP contribution in [0.15, 0.2) is 72.8 Å². The second-order valence-electron chi connectivity index (χ2n) is 9.48. The molecule has 2 aromatic heterocycles. The van der Waals surface area contributed by atoms with Crippen molar-refractivity contribution in [3.63, 3.8) is 0 Å². The minimum atomic E-state index is 0.356. The lowest BCUT2D eigenvalue weighted by atomic mass is 10.0. The molecule has 1 aliphatic rings. The summed E-state index contributed by atoms with van der Waals surface area (Å²) in [6.45, 7) is 3.14. The highest BCUT2D eigenvalue weighted by Crippen LogP contribution is 2.34. The van der Waals surface area contributed by atoms with Crippen LogP contribution in [0.1, 0.15) is 17.7 Å². The number of ether oxygens (including phenoxy) is 2. The van der Waals surface area contributed by atoms with Crippen molar-refractivity contribution in [1.29, 1.82) is 0 Å². The molecule has 0 spiro atoms. The fourth-order valence-electron chi connectivity index (χ4n) is 5.09. The van der Waals surface area contributed by atoms with Gasteiger partial charge < -0.3 is 14.8 Å². The SMILES string of the molecule is COc1ccc(-c2nnc(NC3CCN(Cc4cc5ccccc5s4)CC3)c3cc(OC)ccc23)cc1. The molecule has 0 amide bonds. The zero-order chi connectivity index (χ0) is 25.2. The summed E-state index contributed by atoms with van der Waals surface area (Å²) in [6, 6.07) is 25.4. The molecule has 3 heterocycles. The van der Waals surface area contributed by atoms with Gasteiger partial charge in [-0.25, -0.2) is 0 Å². The van der Waals surface area contributed by atoms with E-state index in [-0.39, 0.29) is 0 Å². The number of thiophene rings is 1. The van der Waals surface area contributed by atoms with Crippen molar-refractivity contribution in [2.75, 3.05) is 32.6 Å². The summed E-state index contributed by atoms with van der Waals surface area (Å²) >= 11 is 1.91. The van der Waals surface area contributed by atoms with Crippen molar-refractivity contribution in [2.45, 2.75) is 25.4 Å². The maximum Gasteiger partial charge on any atom is 0.156 e. The Labute approximate surface area is 220 Å². The molecule has 1 aliphatic heterocycles. The van der Waals surface area contributed by atoms with Crippen LogP contribution in [0.25, 0.3) is 32.1 Å². The first kappa shape index (κ1) is 23.7. The normalized spacial score (nSPS) is 14.8. The number of benzene rings is 3. The fraction of sp³-hybridized carbons (Fsp3) is 0.267. The first-order valence-corrected chi connectivity index (χ1v) is 13.5. The van der Waals surface area contributed by atoms with E-state index in [4.69, 9.17) is 9.47 Å². The number of hydrogen-bond donors (Lipinski definition) is 1. The van der Waals surface area contributed by atoms with Crippen LogP contribution in [0.2, 0.25) is 0 Å². The lowest BCUT2D eigenvalue weighted by Gasteiger charge is -2.32. The molecule has 0 atom stereocenters. The lowest BCUT2D eigenvalue weighted by molar-refractivity contribution is 0.213. The van der Waals surface area contributed by atoms with Crippen molar-refractivity contribution in [2.24, 2.45) is 0 Å². The van der Waals surface area contributed by atoms with Crippen LogP contribution in [0.3, 0.4) is 0 Å². The summed E-state index contributed by atoms with van der Waals surface area (Å²) < 4.78 is 12.2. The molecule has 188 valence electrons. The van der Waals surface area contributed by atoms with E-state index in [9.17, 15) is 0 Å². The van der Waals surface area contributed by atoms with Gasteiger partial charge in [0.2, 0.25) is 0 Å². The van der Waals surface area contributed by atoms with Gasteiger partial charge in [-0.15, -0.1) is 21.5 Å². The van der Waals surface area contributed by atoms with Crippen molar-refractivity contribution >= 4 is 38.0 Å². The number of aromatic nitrogens is 2. The number of nitrogens with one attached hydrogen (secondary N) is 1. The molecule has 5 aromatic rings. The van der Waals surface area contributed by atoms with Crippen LogP contribution in [-0.4, -0.2) is 48.4 Å². The number of hydrogen-bond acceptors (Lipinski definition) is 7. The molecule has 37 heavy (non-hydrogen) atoms. The number of nitrogens with zero attached hydrogens (tertiary/aromatic N) is 3. The number of rotatable bonds is 7. The third kappa shape index (κ3) is 4.97. The molecule has 1 N–H and O–H groups in total. The van der Waals surface area contributed by atoms with Gasteiger partial charge in [0, 0.05) is 51.6 Å². The molecule has 0 bridgehead atoms. The first-order valence-electron chi connectivity index (χ1n) is 12.7. The molecular formula is C30H30N4O2S. The second kappa shape index (κ2) is 10.4. The Morgan fingerprint density at radius 2 is 1.62 bits per heavy atom. The molecule has 6 rings (SSSR count). The van der Waals surface area contributed by atoms with Gasteiger partial charge in [0.1, 0.15) is 17.2 Å². The Hall–Kier alpha value is -3.68. The Kier molecular flexibility index (Phi) is 6.64. The number of likely N-dealkylation sites (tertiary alicyclic amines) is 1. The third-order valence-electron chi connectivity index (χ3n) is 7.13. The van der Waals surface area contributed by atoms with Gasteiger partial charge in [-0.3, -0.25) is 4.90 Å². The summed E-state index contributed by atoms with van der Waals surface area (Å²) in [5.41, 5.74) is 1.86. The molecule has 0 saturated carbocycles. The predicted molar refractivity (Wildman–Crippen MR) is 152 cm³/mol. The highest BCUT2D eigenvalue weighted by Gasteiger charge is 2.22. The summed E-state index contributed by atoms with van der Waals surface area (Å²) in [7, 11) is 3.37. The van der Waals surface area contributed by atoms with Crippen LogP contribution >= 0.6 is 11.3 Å². The molecule has 1 saturated heterocycles. The molecule has 7 heteroatoms. The van der Waals surface area contributed by atoms with E-state index in [1.165, 1.54) is 15.0 Å². The largest absolute Gasteiger partial charge is 0.497 e. The van der Waals surface area contributed by atoms with Crippen LogP contribution < -0.4 is 14.8 Å². The van der Waals surface area contributed by atoms with Crippen molar-refractivity contribution in [3.8, 4) is 22.8 Å². The monoisotopic (exact) mass is 510 g/mol. The Balaban J connectivity index is 1.19. The Morgan fingerprint density at radius 1 is 0.865 bits per heavy atom. The maximum absolute atomic E-state index is 5.54. The van der Waals surface area contributed by atoms with E-state index in [0.717, 1.165) is 71.8 Å². The zero-order valence-corrected chi connectivity index (χ0v) is 21.9. The number of piperidine rings is 1. The molecular weight excluding hydrogens is 480 g/mol. The number of methoxy groups -OCH3 is 2. The van der Waals surface area contributed by atoms with Gasteiger partial charge in [-0.1, -0.05) is 18.2 Å². The van der Waals surface area contributed by atoms with E-state index in [1.54, 1.807) is 14.2 Å². The van der Waals surface area contributed by atoms with Gasteiger partial charge in [-0.2, -0.15) is 0 Å². The van der Waals surface area contributed by atoms with E-state index >= 15 is 0 Å². The Bertz CT molecular complexity index is 1490. The predicted octanol–water partition coefficient (Wildman–Crippen LogP) is 6.61. The van der Waals surface area contributed by atoms with Gasteiger partial charge in [-0.05, 0) is 72.8 Å². The topological polar surface area (TPSA) is 59.5 Å². The minimum absolute atomic E-state index is 0.356. The third-order valence-corrected chi connectivity index (χ3v) is 8.24. The molecule has 1 fully saturated rings. The van der Waals surface area contributed by atoms with E-state index < -0.39 is 0 Å². The quantitative estimate of drug-likeness (QED) is 0.266. The number of anilines is 1. The smallest absolute Gasteiger partial charge is 0.156 e. The summed E-state index contributed by atoms with van der Waals surface area (Å²) in [4.78, 5) is 3.99. The lowest BCUT2D eigenvalue weighted by Crippen LogP contribution is -2.38. The highest BCUT2D eigenvalue weighted by molar-refractivity contribution is 7.19. The minimum Gasteiger partial charge on any atom is -0.497 e. The molecule has 0 unspecified atom stereocenters. The van der Waals surface area contributed by atoms with Crippen LogP contribution in [0, 0.1) is 0 Å². The van der Waals surface area contributed by atoms with E-state index in [1.807, 2.05) is 41.7 Å². The molecule has 0 aliphatic carbocycles. The maximum atomic E-state index is 5.54. The summed E-state index contributed by atoms with van der Waals surface area (Å²) in [6.07, 6.45) is 2.14. The van der Waals surface area contributed by atoms with Crippen LogP contribution in [0.4, 0.5) is 5.82 Å². The highest BCUT2D eigenvalue weighted by atomic mass is 32.1. The van der Waals surface area contributed by atoms with Crippen LogP contribution in [0.5, 0.6) is 11.5 Å². The van der Waals surface area contributed by atoms with Crippen molar-refractivity contribution in [1.82, 2.24) is 15.1 Å². The van der Waals surface area contributed by atoms with Gasteiger partial charge in [0.05, 0.1) is 14.2 Å². The number of fused-ring (bicyclic) bond motifs is 2. The van der Waals surface area contributed by atoms with E-state index in [0.29, 0.717) is 6.04 Å². The van der Waals surface area contributed by atoms with Crippen molar-refractivity contribution < 1.29 is 9.47 Å². The standard InChI is InChI=1S/C30H30N4O2S/c1-35-23-9-7-20(8-10-23)29-26-12-11-24(36-2)18-27(26)30(33-32-29)31-22-13-15-34(16-14-22)19-25-17-21-5-3-4-6-28(21)37-25/h3-12,17-18,22H,13-16,19H2,1-2H3,(H,31,33). The van der Waals surface area contributed by atoms with Gasteiger partial charge >= 0.3 is 0 Å². The summed E-state index contributed by atoms with van der Waals surface area (Å²) in [5, 5.41) is 16.4. The zero-order valence-electron chi connectivity index (χ0n) is 21.1. The van der Waals surface area contributed by atoms with E-state index in [2.05, 4.69) is 62.9 Å². The average Bonchev–Trinajstić information content (AvgIpc) is 3.36. The van der Waals surface area contributed by atoms with Crippen LogP contribution in [-0.2, 0) is 6.54 Å². The van der Waals surface area contributed by atoms with Gasteiger partial charge in [0.15, 0.2) is 5.82 Å². The summed E-state index contributed by atoms with van der Waals surface area (Å²) in [5.74, 6) is 2.44. The molecule has 0 radical (unpaired) electrons. The molecule has 3 aromatic carbocycles. The van der Waals surface area contributed by atoms with Gasteiger partial charge in [0.25, 0.3) is 0 Å². The Morgan fingerprint density at radius 3 is 2.38 bits per heavy atom. The fourth-order valence-corrected chi connectivity index (χ4v) is 6.20.